The molecule has 0 bridgehead atoms. The molecule has 0 fully saturated rings. The number of carbonyl (C=O) groups is 1. The van der Waals surface area contributed by atoms with Gasteiger partial charge in [-0.15, -0.1) is 0 Å². The van der Waals surface area contributed by atoms with Gasteiger partial charge in [0, 0.05) is 6.61 Å². The van der Waals surface area contributed by atoms with E-state index in [2.05, 4.69) is 13.8 Å². The normalized spacial score (nSPS) is 15.3. The Kier molecular flexibility index (Phi) is 6.49. The van der Waals surface area contributed by atoms with Crippen LogP contribution in [-0.2, 0) is 9.53 Å². The number of nitrogens with two attached hydrogens (primary N) is 1. The molecule has 4 heteroatoms. The largest absolute Gasteiger partial charge is 0.462 e. The van der Waals surface area contributed by atoms with E-state index in [4.69, 9.17) is 15.6 Å². The van der Waals surface area contributed by atoms with Crippen LogP contribution in [0.2, 0.25) is 0 Å². The Balaban J connectivity index is 3.80. The predicted molar refractivity (Wildman–Crippen MR) is 54.7 cm³/mol. The van der Waals surface area contributed by atoms with Gasteiger partial charge in [0.05, 0.1) is 6.10 Å². The molecule has 0 aromatic rings. The maximum Gasteiger partial charge on any atom is 0.323 e. The number of hydrogen-bond acceptors (Lipinski definition) is 4. The minimum absolute atomic E-state index is 0.0885. The minimum atomic E-state index is -0.699. The molecular formula is C10H21NO3. The topological polar surface area (TPSA) is 72.5 Å². The molecule has 0 aliphatic rings. The van der Waals surface area contributed by atoms with Gasteiger partial charge < -0.3 is 15.6 Å². The third-order valence-electron chi connectivity index (χ3n) is 1.86. The molecule has 0 spiro atoms. The first kappa shape index (κ1) is 13.4. The van der Waals surface area contributed by atoms with Crippen LogP contribution in [0.5, 0.6) is 0 Å². The van der Waals surface area contributed by atoms with E-state index in [1.165, 1.54) is 0 Å². The molecule has 0 saturated carbocycles. The van der Waals surface area contributed by atoms with E-state index in [1.54, 1.807) is 0 Å². The van der Waals surface area contributed by atoms with E-state index in [0.717, 1.165) is 6.42 Å². The van der Waals surface area contributed by atoms with Gasteiger partial charge in [0.15, 0.2) is 0 Å². The number of ether oxygens (including phenoxy) is 1. The van der Waals surface area contributed by atoms with Crippen LogP contribution in [0.3, 0.4) is 0 Å². The molecule has 84 valence electrons. The van der Waals surface area contributed by atoms with Crippen molar-refractivity contribution >= 4 is 5.97 Å². The molecule has 0 rings (SSSR count). The summed E-state index contributed by atoms with van der Waals surface area (Å²) in [5.41, 5.74) is 5.47. The van der Waals surface area contributed by atoms with E-state index in [0.29, 0.717) is 5.92 Å². The Morgan fingerprint density at radius 2 is 2.00 bits per heavy atom. The number of hydrogen-bond donors (Lipinski definition) is 2. The standard InChI is InChI=1S/C10H21NO3/c1-7(2)6-8(3)14-10(13)9(11)4-5-12/h7-9,12H,4-6,11H2,1-3H3. The van der Waals surface area contributed by atoms with E-state index >= 15 is 0 Å². The second-order valence-corrected chi connectivity index (χ2v) is 4.00. The Hall–Kier alpha value is -0.610. The molecule has 0 amide bonds. The third kappa shape index (κ3) is 5.94. The van der Waals surface area contributed by atoms with Gasteiger partial charge in [-0.25, -0.2) is 0 Å². The van der Waals surface area contributed by atoms with Crippen LogP contribution in [0, 0.1) is 5.92 Å². The van der Waals surface area contributed by atoms with Crippen LogP contribution in [0.1, 0.15) is 33.6 Å². The van der Waals surface area contributed by atoms with Crippen molar-refractivity contribution < 1.29 is 14.6 Å². The van der Waals surface area contributed by atoms with E-state index in [9.17, 15) is 4.79 Å². The summed E-state index contributed by atoms with van der Waals surface area (Å²) in [4.78, 5) is 11.3. The lowest BCUT2D eigenvalue weighted by Crippen LogP contribution is -2.35. The molecular weight excluding hydrogens is 182 g/mol. The number of carbonyl (C=O) groups excluding carboxylic acids is 1. The second-order valence-electron chi connectivity index (χ2n) is 4.00. The predicted octanol–water partition coefficient (Wildman–Crippen LogP) is 0.674. The number of aliphatic hydroxyl groups is 1. The first-order valence-electron chi connectivity index (χ1n) is 5.04. The number of aliphatic hydroxyl groups excluding tert-OH is 1. The lowest BCUT2D eigenvalue weighted by Gasteiger charge is -2.17. The summed E-state index contributed by atoms with van der Waals surface area (Å²) < 4.78 is 5.10. The van der Waals surface area contributed by atoms with Crippen molar-refractivity contribution in [3.63, 3.8) is 0 Å². The Bertz CT molecular complexity index is 171. The highest BCUT2D eigenvalue weighted by Crippen LogP contribution is 2.08. The van der Waals surface area contributed by atoms with Gasteiger partial charge in [-0.05, 0) is 25.7 Å². The molecule has 2 atom stereocenters. The second kappa shape index (κ2) is 6.79. The molecule has 0 aromatic carbocycles. The summed E-state index contributed by atoms with van der Waals surface area (Å²) in [5.74, 6) is 0.0686. The van der Waals surface area contributed by atoms with Crippen LogP contribution in [0.4, 0.5) is 0 Å². The average Bonchev–Trinajstić information content (AvgIpc) is 2.02. The minimum Gasteiger partial charge on any atom is -0.462 e. The van der Waals surface area contributed by atoms with Gasteiger partial charge in [-0.1, -0.05) is 13.8 Å². The third-order valence-corrected chi connectivity index (χ3v) is 1.86. The quantitative estimate of drug-likeness (QED) is 0.622. The van der Waals surface area contributed by atoms with Gasteiger partial charge in [0.25, 0.3) is 0 Å². The molecule has 0 radical (unpaired) electrons. The summed E-state index contributed by atoms with van der Waals surface area (Å²) in [5, 5.41) is 8.58. The molecule has 2 unspecified atom stereocenters. The molecule has 0 aromatic heterocycles. The molecule has 3 N–H and O–H groups in total. The van der Waals surface area contributed by atoms with Crippen molar-refractivity contribution in [2.24, 2.45) is 11.7 Å². The summed E-state index contributed by atoms with van der Waals surface area (Å²) in [6, 6.07) is -0.699. The maximum absolute atomic E-state index is 11.3. The van der Waals surface area contributed by atoms with Crippen LogP contribution < -0.4 is 5.73 Å². The smallest absolute Gasteiger partial charge is 0.323 e. The fourth-order valence-corrected chi connectivity index (χ4v) is 1.25. The Morgan fingerprint density at radius 3 is 2.43 bits per heavy atom. The summed E-state index contributed by atoms with van der Waals surface area (Å²) in [6.45, 7) is 5.90. The van der Waals surface area contributed by atoms with E-state index in [1.807, 2.05) is 6.92 Å². The molecule has 0 aliphatic heterocycles. The lowest BCUT2D eigenvalue weighted by molar-refractivity contribution is -0.150. The molecule has 0 aliphatic carbocycles. The fourth-order valence-electron chi connectivity index (χ4n) is 1.25. The summed E-state index contributed by atoms with van der Waals surface area (Å²) in [6.07, 6.45) is 0.984. The zero-order chi connectivity index (χ0) is 11.1. The Morgan fingerprint density at radius 1 is 1.43 bits per heavy atom. The van der Waals surface area contributed by atoms with Gasteiger partial charge in [-0.3, -0.25) is 4.79 Å². The van der Waals surface area contributed by atoms with Crippen molar-refractivity contribution in [3.8, 4) is 0 Å². The maximum atomic E-state index is 11.3. The average molecular weight is 203 g/mol. The monoisotopic (exact) mass is 203 g/mol. The zero-order valence-corrected chi connectivity index (χ0v) is 9.19. The molecule has 0 saturated heterocycles. The highest BCUT2D eigenvalue weighted by atomic mass is 16.5. The van der Waals surface area contributed by atoms with E-state index < -0.39 is 12.0 Å². The number of rotatable bonds is 6. The van der Waals surface area contributed by atoms with Crippen molar-refractivity contribution in [1.82, 2.24) is 0 Å². The van der Waals surface area contributed by atoms with Gasteiger partial charge in [0.2, 0.25) is 0 Å². The van der Waals surface area contributed by atoms with Gasteiger partial charge >= 0.3 is 5.97 Å². The highest BCUT2D eigenvalue weighted by Gasteiger charge is 2.17. The zero-order valence-electron chi connectivity index (χ0n) is 9.19. The molecule has 14 heavy (non-hydrogen) atoms. The van der Waals surface area contributed by atoms with Crippen molar-refractivity contribution in [1.29, 1.82) is 0 Å². The fraction of sp³-hybridized carbons (Fsp3) is 0.900. The van der Waals surface area contributed by atoms with Crippen molar-refractivity contribution in [3.05, 3.63) is 0 Å². The summed E-state index contributed by atoms with van der Waals surface area (Å²) >= 11 is 0. The van der Waals surface area contributed by atoms with Gasteiger partial charge in [0.1, 0.15) is 6.04 Å². The van der Waals surface area contributed by atoms with Crippen LogP contribution in [-0.4, -0.2) is 29.8 Å². The van der Waals surface area contributed by atoms with Crippen LogP contribution in [0.25, 0.3) is 0 Å². The van der Waals surface area contributed by atoms with Crippen molar-refractivity contribution in [2.75, 3.05) is 6.61 Å². The van der Waals surface area contributed by atoms with Crippen LogP contribution in [0.15, 0.2) is 0 Å². The first-order valence-corrected chi connectivity index (χ1v) is 5.04. The molecule has 0 heterocycles. The summed E-state index contributed by atoms with van der Waals surface area (Å²) in [7, 11) is 0. The van der Waals surface area contributed by atoms with Crippen molar-refractivity contribution in [2.45, 2.75) is 45.8 Å². The lowest BCUT2D eigenvalue weighted by atomic mass is 10.1. The SMILES string of the molecule is CC(C)CC(C)OC(=O)C(N)CCO. The van der Waals surface area contributed by atoms with Gasteiger partial charge in [-0.2, -0.15) is 0 Å². The molecule has 4 nitrogen and oxygen atoms in total. The first-order chi connectivity index (χ1) is 6.47. The Labute approximate surface area is 85.4 Å². The van der Waals surface area contributed by atoms with Crippen LogP contribution >= 0.6 is 0 Å². The number of esters is 1. The highest BCUT2D eigenvalue weighted by molar-refractivity contribution is 5.75. The van der Waals surface area contributed by atoms with E-state index in [-0.39, 0.29) is 19.1 Å².